The number of rotatable bonds is 5. The molecule has 0 unspecified atom stereocenters. The number of anilines is 1. The molecule has 1 N–H and O–H groups in total. The molecule has 0 aliphatic heterocycles. The van der Waals surface area contributed by atoms with Crippen LogP contribution >= 0.6 is 23.1 Å². The summed E-state index contributed by atoms with van der Waals surface area (Å²) in [7, 11) is -3.28. The smallest absolute Gasteiger partial charge is 0.257 e. The lowest BCUT2D eigenvalue weighted by Gasteiger charge is -2.03. The summed E-state index contributed by atoms with van der Waals surface area (Å²) in [6.45, 7) is 0. The molecule has 0 saturated carbocycles. The number of nitrogens with zero attached hydrogens (tertiary/aromatic N) is 1. The Hall–Kier alpha value is -2.16. The summed E-state index contributed by atoms with van der Waals surface area (Å²) >= 11 is 3.01. The van der Waals surface area contributed by atoms with Gasteiger partial charge in [0.25, 0.3) is 5.91 Å². The van der Waals surface area contributed by atoms with Crippen molar-refractivity contribution in [3.63, 3.8) is 0 Å². The number of carbonyl (C=O) groups excluding carboxylic acids is 1. The molecule has 0 aliphatic rings. The summed E-state index contributed by atoms with van der Waals surface area (Å²) in [6, 6.07) is 13.9. The van der Waals surface area contributed by atoms with Gasteiger partial charge in [0.2, 0.25) is 0 Å². The number of benzene rings is 2. The number of thiazole rings is 1. The van der Waals surface area contributed by atoms with Crippen LogP contribution in [-0.2, 0) is 9.84 Å². The fourth-order valence-corrected chi connectivity index (χ4v) is 4.00. The van der Waals surface area contributed by atoms with Crippen LogP contribution in [0.5, 0.6) is 0 Å². The van der Waals surface area contributed by atoms with E-state index < -0.39 is 9.84 Å². The molecular formula is C18H16N2O3S3. The van der Waals surface area contributed by atoms with Gasteiger partial charge in [-0.25, -0.2) is 13.4 Å². The molecule has 0 fully saturated rings. The normalized spacial score (nSPS) is 11.3. The minimum absolute atomic E-state index is 0.180. The zero-order valence-corrected chi connectivity index (χ0v) is 16.5. The Morgan fingerprint density at radius 2 is 1.73 bits per heavy atom. The summed E-state index contributed by atoms with van der Waals surface area (Å²) in [4.78, 5) is 18.1. The highest BCUT2D eigenvalue weighted by atomic mass is 32.2. The van der Waals surface area contributed by atoms with Gasteiger partial charge in [0, 0.05) is 27.7 Å². The zero-order chi connectivity index (χ0) is 18.7. The number of carbonyl (C=O) groups is 1. The number of nitrogens with one attached hydrogen (secondary N) is 1. The number of hydrogen-bond acceptors (Lipinski definition) is 6. The van der Waals surface area contributed by atoms with Gasteiger partial charge in [-0.05, 0) is 42.7 Å². The Kier molecular flexibility index (Phi) is 5.45. The van der Waals surface area contributed by atoms with Gasteiger partial charge in [-0.15, -0.1) is 23.1 Å². The maximum atomic E-state index is 12.3. The van der Waals surface area contributed by atoms with E-state index in [1.165, 1.54) is 40.5 Å². The third-order valence-electron chi connectivity index (χ3n) is 3.66. The molecule has 0 atom stereocenters. The van der Waals surface area contributed by atoms with Gasteiger partial charge >= 0.3 is 0 Å². The number of sulfone groups is 1. The Morgan fingerprint density at radius 3 is 2.31 bits per heavy atom. The second-order valence-corrected chi connectivity index (χ2v) is 9.27. The summed E-state index contributed by atoms with van der Waals surface area (Å²) < 4.78 is 22.9. The highest BCUT2D eigenvalue weighted by Gasteiger charge is 2.12. The molecule has 8 heteroatoms. The Morgan fingerprint density at radius 1 is 1.08 bits per heavy atom. The molecule has 0 saturated heterocycles. The summed E-state index contributed by atoms with van der Waals surface area (Å²) in [5, 5.41) is 5.12. The summed E-state index contributed by atoms with van der Waals surface area (Å²) in [5.41, 5.74) is 2.15. The van der Waals surface area contributed by atoms with Crippen molar-refractivity contribution in [2.45, 2.75) is 9.79 Å². The van der Waals surface area contributed by atoms with Gasteiger partial charge in [0.15, 0.2) is 15.0 Å². The van der Waals surface area contributed by atoms with E-state index in [1.54, 1.807) is 11.8 Å². The van der Waals surface area contributed by atoms with E-state index in [-0.39, 0.29) is 10.8 Å². The van der Waals surface area contributed by atoms with E-state index in [2.05, 4.69) is 10.3 Å². The van der Waals surface area contributed by atoms with Crippen molar-refractivity contribution in [1.82, 2.24) is 4.98 Å². The SMILES string of the molecule is CSc1ccc(-c2csc(NC(=O)c3ccc(S(C)(=O)=O)cc3)n2)cc1. The van der Waals surface area contributed by atoms with E-state index in [1.807, 2.05) is 35.9 Å². The molecule has 1 heterocycles. The number of thioether (sulfide) groups is 1. The predicted molar refractivity (Wildman–Crippen MR) is 107 cm³/mol. The van der Waals surface area contributed by atoms with Crippen molar-refractivity contribution in [3.8, 4) is 11.3 Å². The van der Waals surface area contributed by atoms with Crippen LogP contribution in [0.25, 0.3) is 11.3 Å². The lowest BCUT2D eigenvalue weighted by molar-refractivity contribution is 0.102. The van der Waals surface area contributed by atoms with Gasteiger partial charge in [-0.1, -0.05) is 12.1 Å². The summed E-state index contributed by atoms with van der Waals surface area (Å²) in [5.74, 6) is -0.330. The van der Waals surface area contributed by atoms with Crippen molar-refractivity contribution in [2.24, 2.45) is 0 Å². The highest BCUT2D eigenvalue weighted by molar-refractivity contribution is 7.98. The average Bonchev–Trinajstić information content (AvgIpc) is 3.09. The van der Waals surface area contributed by atoms with Crippen LogP contribution in [0.2, 0.25) is 0 Å². The van der Waals surface area contributed by atoms with Gasteiger partial charge in [-0.3, -0.25) is 10.1 Å². The minimum atomic E-state index is -3.28. The van der Waals surface area contributed by atoms with Crippen LogP contribution in [0.4, 0.5) is 5.13 Å². The molecule has 3 aromatic rings. The first-order chi connectivity index (χ1) is 12.4. The van der Waals surface area contributed by atoms with E-state index in [4.69, 9.17) is 0 Å². The van der Waals surface area contributed by atoms with Crippen molar-refractivity contribution < 1.29 is 13.2 Å². The highest BCUT2D eigenvalue weighted by Crippen LogP contribution is 2.27. The van der Waals surface area contributed by atoms with Gasteiger partial charge in [0.05, 0.1) is 10.6 Å². The quantitative estimate of drug-likeness (QED) is 0.646. The molecular weight excluding hydrogens is 388 g/mol. The molecule has 1 amide bonds. The van der Waals surface area contributed by atoms with Gasteiger partial charge in [-0.2, -0.15) is 0 Å². The Balaban J connectivity index is 1.73. The van der Waals surface area contributed by atoms with E-state index >= 15 is 0 Å². The molecule has 134 valence electrons. The number of hydrogen-bond donors (Lipinski definition) is 1. The lowest BCUT2D eigenvalue weighted by Crippen LogP contribution is -2.11. The molecule has 0 radical (unpaired) electrons. The van der Waals surface area contributed by atoms with E-state index in [0.717, 1.165) is 17.5 Å². The third kappa shape index (κ3) is 4.32. The standard InChI is InChI=1S/C18H16N2O3S3/c1-24-14-7-3-12(4-8-14)16-11-25-18(19-16)20-17(21)13-5-9-15(10-6-13)26(2,22)23/h3-11H,1-2H3,(H,19,20,21). The number of aromatic nitrogens is 1. The largest absolute Gasteiger partial charge is 0.298 e. The first kappa shape index (κ1) is 18.6. The summed E-state index contributed by atoms with van der Waals surface area (Å²) in [6.07, 6.45) is 3.15. The first-order valence-corrected chi connectivity index (χ1v) is 11.6. The van der Waals surface area contributed by atoms with Crippen LogP contribution in [0, 0.1) is 0 Å². The Labute approximate surface area is 160 Å². The fraction of sp³-hybridized carbons (Fsp3) is 0.111. The van der Waals surface area contributed by atoms with Crippen molar-refractivity contribution in [1.29, 1.82) is 0 Å². The first-order valence-electron chi connectivity index (χ1n) is 7.58. The second kappa shape index (κ2) is 7.61. The monoisotopic (exact) mass is 404 g/mol. The number of amides is 1. The maximum Gasteiger partial charge on any atom is 0.257 e. The van der Waals surface area contributed by atoms with Crippen molar-refractivity contribution in [3.05, 3.63) is 59.5 Å². The third-order valence-corrected chi connectivity index (χ3v) is 6.28. The fourth-order valence-electron chi connectivity index (χ4n) is 2.25. The molecule has 1 aromatic heterocycles. The molecule has 3 rings (SSSR count). The molecule has 5 nitrogen and oxygen atoms in total. The van der Waals surface area contributed by atoms with E-state index in [9.17, 15) is 13.2 Å². The average molecular weight is 405 g/mol. The van der Waals surface area contributed by atoms with E-state index in [0.29, 0.717) is 10.7 Å². The van der Waals surface area contributed by atoms with Gasteiger partial charge < -0.3 is 0 Å². The zero-order valence-electron chi connectivity index (χ0n) is 14.1. The molecule has 0 spiro atoms. The van der Waals surface area contributed by atoms with Crippen molar-refractivity contribution >= 4 is 44.0 Å². The van der Waals surface area contributed by atoms with Gasteiger partial charge in [0.1, 0.15) is 0 Å². The molecule has 2 aromatic carbocycles. The molecule has 26 heavy (non-hydrogen) atoms. The van der Waals surface area contributed by atoms with Crippen LogP contribution in [-0.4, -0.2) is 31.8 Å². The maximum absolute atomic E-state index is 12.3. The molecule has 0 bridgehead atoms. The topological polar surface area (TPSA) is 76.1 Å². The van der Waals surface area contributed by atoms with Crippen LogP contribution in [0.15, 0.2) is 63.7 Å². The van der Waals surface area contributed by atoms with Crippen LogP contribution in [0.3, 0.4) is 0 Å². The van der Waals surface area contributed by atoms with Crippen molar-refractivity contribution in [2.75, 3.05) is 17.8 Å². The Bertz CT molecular complexity index is 1020. The predicted octanol–water partition coefficient (Wildman–Crippen LogP) is 4.19. The molecule has 0 aliphatic carbocycles. The van der Waals surface area contributed by atoms with Crippen LogP contribution in [0.1, 0.15) is 10.4 Å². The lowest BCUT2D eigenvalue weighted by atomic mass is 10.2. The van der Waals surface area contributed by atoms with Crippen LogP contribution < -0.4 is 5.32 Å². The minimum Gasteiger partial charge on any atom is -0.298 e. The second-order valence-electron chi connectivity index (χ2n) is 5.52.